The van der Waals surface area contributed by atoms with Crippen LogP contribution in [-0.4, -0.2) is 22.0 Å². The highest BCUT2D eigenvalue weighted by atomic mass is 35.5. The quantitative estimate of drug-likeness (QED) is 0.857. The van der Waals surface area contributed by atoms with Gasteiger partial charge in [0, 0.05) is 28.9 Å². The van der Waals surface area contributed by atoms with E-state index in [4.69, 9.17) is 23.2 Å². The number of halogens is 2. The Bertz CT molecular complexity index is 798. The van der Waals surface area contributed by atoms with Gasteiger partial charge in [0.05, 0.1) is 0 Å². The Hall–Kier alpha value is -2.05. The SMILES string of the molecule is O=C(Cn1ccc(=O)[nH]c1=O)NCCc1ccc(Cl)cc1Cl. The Kier molecular flexibility index (Phi) is 5.41. The normalized spacial score (nSPS) is 10.5. The maximum Gasteiger partial charge on any atom is 0.328 e. The molecule has 0 aliphatic heterocycles. The monoisotopic (exact) mass is 341 g/mol. The standard InChI is InChI=1S/C14H13Cl2N3O3/c15-10-2-1-9(11(16)7-10)3-5-17-13(21)8-19-6-4-12(20)18-14(19)22/h1-2,4,6-7H,3,5,8H2,(H,17,21)(H,18,20,22). The highest BCUT2D eigenvalue weighted by Gasteiger charge is 2.06. The number of benzene rings is 1. The van der Waals surface area contributed by atoms with Gasteiger partial charge in [-0.25, -0.2) is 4.79 Å². The molecule has 22 heavy (non-hydrogen) atoms. The summed E-state index contributed by atoms with van der Waals surface area (Å²) >= 11 is 11.8. The number of nitrogens with zero attached hydrogens (tertiary/aromatic N) is 1. The molecule has 0 fully saturated rings. The van der Waals surface area contributed by atoms with Crippen LogP contribution in [0.25, 0.3) is 0 Å². The van der Waals surface area contributed by atoms with Gasteiger partial charge in [0.2, 0.25) is 5.91 Å². The minimum atomic E-state index is -0.622. The minimum absolute atomic E-state index is 0.163. The van der Waals surface area contributed by atoms with Gasteiger partial charge < -0.3 is 5.32 Å². The van der Waals surface area contributed by atoms with Gasteiger partial charge in [-0.05, 0) is 24.1 Å². The van der Waals surface area contributed by atoms with E-state index in [1.54, 1.807) is 18.2 Å². The molecule has 116 valence electrons. The molecule has 2 rings (SSSR count). The van der Waals surface area contributed by atoms with Crippen molar-refractivity contribution in [2.24, 2.45) is 0 Å². The van der Waals surface area contributed by atoms with Crippen LogP contribution in [0.2, 0.25) is 10.0 Å². The summed E-state index contributed by atoms with van der Waals surface area (Å²) in [5.41, 5.74) is -0.255. The third kappa shape index (κ3) is 4.47. The van der Waals surface area contributed by atoms with Crippen molar-refractivity contribution in [2.45, 2.75) is 13.0 Å². The molecule has 1 amide bonds. The van der Waals surface area contributed by atoms with Crippen LogP contribution in [-0.2, 0) is 17.8 Å². The Labute approximate surface area is 135 Å². The number of H-pyrrole nitrogens is 1. The van der Waals surface area contributed by atoms with E-state index in [1.165, 1.54) is 12.3 Å². The van der Waals surface area contributed by atoms with E-state index < -0.39 is 11.2 Å². The third-order valence-electron chi connectivity index (χ3n) is 2.94. The molecule has 0 atom stereocenters. The van der Waals surface area contributed by atoms with E-state index in [-0.39, 0.29) is 12.5 Å². The molecule has 0 aliphatic rings. The molecule has 0 bridgehead atoms. The minimum Gasteiger partial charge on any atom is -0.354 e. The molecular formula is C14H13Cl2N3O3. The third-order valence-corrected chi connectivity index (χ3v) is 3.53. The molecule has 1 heterocycles. The topological polar surface area (TPSA) is 84.0 Å². The molecule has 6 nitrogen and oxygen atoms in total. The summed E-state index contributed by atoms with van der Waals surface area (Å²) in [5, 5.41) is 3.77. The summed E-state index contributed by atoms with van der Waals surface area (Å²) < 4.78 is 1.12. The smallest absolute Gasteiger partial charge is 0.328 e. The first-order valence-corrected chi connectivity index (χ1v) is 7.22. The first kappa shape index (κ1) is 16.3. The van der Waals surface area contributed by atoms with E-state index >= 15 is 0 Å². The molecule has 0 spiro atoms. The molecule has 0 saturated heterocycles. The van der Waals surface area contributed by atoms with Gasteiger partial charge in [-0.15, -0.1) is 0 Å². The van der Waals surface area contributed by atoms with Crippen LogP contribution < -0.4 is 16.6 Å². The number of aromatic nitrogens is 2. The van der Waals surface area contributed by atoms with Gasteiger partial charge in [-0.3, -0.25) is 19.1 Å². The fourth-order valence-electron chi connectivity index (χ4n) is 1.84. The number of amides is 1. The van der Waals surface area contributed by atoms with Gasteiger partial charge in [0.1, 0.15) is 6.54 Å². The van der Waals surface area contributed by atoms with Gasteiger partial charge in [-0.1, -0.05) is 29.3 Å². The summed E-state index contributed by atoms with van der Waals surface area (Å²) in [5.74, 6) is -0.334. The van der Waals surface area contributed by atoms with Crippen molar-refractivity contribution in [3.05, 3.63) is 66.9 Å². The highest BCUT2D eigenvalue weighted by Crippen LogP contribution is 2.20. The molecule has 1 aromatic carbocycles. The lowest BCUT2D eigenvalue weighted by Crippen LogP contribution is -2.36. The predicted molar refractivity (Wildman–Crippen MR) is 84.5 cm³/mol. The van der Waals surface area contributed by atoms with Gasteiger partial charge >= 0.3 is 5.69 Å². The Morgan fingerprint density at radius 1 is 1.23 bits per heavy atom. The molecule has 2 aromatic rings. The summed E-state index contributed by atoms with van der Waals surface area (Å²) in [7, 11) is 0. The summed E-state index contributed by atoms with van der Waals surface area (Å²) in [6, 6.07) is 6.34. The van der Waals surface area contributed by atoms with Crippen molar-refractivity contribution in [1.82, 2.24) is 14.9 Å². The van der Waals surface area contributed by atoms with Crippen LogP contribution in [0.4, 0.5) is 0 Å². The lowest BCUT2D eigenvalue weighted by molar-refractivity contribution is -0.121. The number of hydrogen-bond donors (Lipinski definition) is 2. The Morgan fingerprint density at radius 3 is 2.68 bits per heavy atom. The zero-order chi connectivity index (χ0) is 16.1. The first-order valence-electron chi connectivity index (χ1n) is 6.46. The first-order chi connectivity index (χ1) is 10.5. The summed E-state index contributed by atoms with van der Waals surface area (Å²) in [6.07, 6.45) is 1.82. The Morgan fingerprint density at radius 2 is 2.00 bits per heavy atom. The maximum atomic E-state index is 11.8. The highest BCUT2D eigenvalue weighted by molar-refractivity contribution is 6.35. The van der Waals surface area contributed by atoms with Crippen molar-refractivity contribution in [2.75, 3.05) is 6.54 Å². The van der Waals surface area contributed by atoms with Crippen LogP contribution >= 0.6 is 23.2 Å². The molecule has 8 heteroatoms. The van der Waals surface area contributed by atoms with Crippen LogP contribution in [0.3, 0.4) is 0 Å². The lowest BCUT2D eigenvalue weighted by atomic mass is 10.1. The van der Waals surface area contributed by atoms with E-state index in [0.717, 1.165) is 10.1 Å². The van der Waals surface area contributed by atoms with Gasteiger partial charge in [0.25, 0.3) is 5.56 Å². The van der Waals surface area contributed by atoms with E-state index in [9.17, 15) is 14.4 Å². The molecule has 0 radical (unpaired) electrons. The van der Waals surface area contributed by atoms with E-state index in [1.807, 2.05) is 0 Å². The van der Waals surface area contributed by atoms with Crippen molar-refractivity contribution in [3.8, 4) is 0 Å². The van der Waals surface area contributed by atoms with Crippen LogP contribution in [0, 0.1) is 0 Å². The molecule has 0 saturated carbocycles. The number of aromatic amines is 1. The van der Waals surface area contributed by atoms with E-state index in [2.05, 4.69) is 10.3 Å². The molecule has 1 aromatic heterocycles. The molecule has 0 unspecified atom stereocenters. The zero-order valence-corrected chi connectivity index (χ0v) is 12.9. The van der Waals surface area contributed by atoms with Gasteiger partial charge in [0.15, 0.2) is 0 Å². The number of rotatable bonds is 5. The summed E-state index contributed by atoms with van der Waals surface area (Å²) in [4.78, 5) is 36.2. The Balaban J connectivity index is 1.88. The number of carbonyl (C=O) groups excluding carboxylic acids is 1. The molecule has 0 aliphatic carbocycles. The van der Waals surface area contributed by atoms with Crippen LogP contribution in [0.5, 0.6) is 0 Å². The fourth-order valence-corrected chi connectivity index (χ4v) is 2.34. The van der Waals surface area contributed by atoms with Crippen molar-refractivity contribution in [1.29, 1.82) is 0 Å². The second kappa shape index (κ2) is 7.29. The van der Waals surface area contributed by atoms with Crippen LogP contribution in [0.15, 0.2) is 40.1 Å². The van der Waals surface area contributed by atoms with Crippen molar-refractivity contribution in [3.63, 3.8) is 0 Å². The van der Waals surface area contributed by atoms with Crippen LogP contribution in [0.1, 0.15) is 5.56 Å². The number of nitrogens with one attached hydrogen (secondary N) is 2. The zero-order valence-electron chi connectivity index (χ0n) is 11.4. The summed E-state index contributed by atoms with van der Waals surface area (Å²) in [6.45, 7) is 0.211. The fraction of sp³-hybridized carbons (Fsp3) is 0.214. The predicted octanol–water partition coefficient (Wildman–Crippen LogP) is 1.20. The largest absolute Gasteiger partial charge is 0.354 e. The molecule has 2 N–H and O–H groups in total. The lowest BCUT2D eigenvalue weighted by Gasteiger charge is -2.08. The van der Waals surface area contributed by atoms with Crippen molar-refractivity contribution < 1.29 is 4.79 Å². The maximum absolute atomic E-state index is 11.8. The van der Waals surface area contributed by atoms with E-state index in [0.29, 0.717) is 23.0 Å². The van der Waals surface area contributed by atoms with Gasteiger partial charge in [-0.2, -0.15) is 0 Å². The van der Waals surface area contributed by atoms with Crippen molar-refractivity contribution >= 4 is 29.1 Å². The average molecular weight is 342 g/mol. The second-order valence-electron chi connectivity index (χ2n) is 4.57. The second-order valence-corrected chi connectivity index (χ2v) is 5.42. The number of carbonyl (C=O) groups is 1. The molecular weight excluding hydrogens is 329 g/mol. The number of hydrogen-bond acceptors (Lipinski definition) is 3. The average Bonchev–Trinajstić information content (AvgIpc) is 2.44.